The molecule has 0 heterocycles. The molecule has 0 aliphatic carbocycles. The average Bonchev–Trinajstić information content (AvgIpc) is 2.71. The Kier molecular flexibility index (Phi) is 18.2. The molecule has 0 radical (unpaired) electrons. The Morgan fingerprint density at radius 1 is 0.786 bits per heavy atom. The van der Waals surface area contributed by atoms with E-state index in [1.807, 2.05) is 13.8 Å². The highest BCUT2D eigenvalue weighted by Gasteiger charge is 2.27. The number of nitrogens with one attached hydrogen (secondary N) is 1. The molecule has 0 aromatic carbocycles. The summed E-state index contributed by atoms with van der Waals surface area (Å²) in [6.45, 7) is 6.59. The van der Waals surface area contributed by atoms with Crippen LogP contribution in [-0.4, -0.2) is 31.8 Å². The highest BCUT2D eigenvalue weighted by Crippen LogP contribution is 2.13. The number of unbranched alkanes of at least 4 members (excludes halogenated alkanes) is 12. The van der Waals surface area contributed by atoms with Crippen LogP contribution in [0.2, 0.25) is 0 Å². The number of esters is 1. The molecule has 0 aliphatic rings. The van der Waals surface area contributed by atoms with Gasteiger partial charge in [-0.15, -0.1) is 0 Å². The molecule has 5 heteroatoms. The van der Waals surface area contributed by atoms with Gasteiger partial charge in [-0.05, 0) is 12.3 Å². The number of hydrogen-bond acceptors (Lipinski definition) is 4. The lowest BCUT2D eigenvalue weighted by Crippen LogP contribution is -2.46. The monoisotopic (exact) mass is 399 g/mol. The van der Waals surface area contributed by atoms with E-state index in [4.69, 9.17) is 4.74 Å². The Bertz CT molecular complexity index is 387. The van der Waals surface area contributed by atoms with Crippen molar-refractivity contribution in [2.75, 3.05) is 13.7 Å². The van der Waals surface area contributed by atoms with Crippen LogP contribution in [0.3, 0.4) is 0 Å². The summed E-state index contributed by atoms with van der Waals surface area (Å²) in [7, 11) is 1.29. The predicted molar refractivity (Wildman–Crippen MR) is 115 cm³/mol. The smallest absolute Gasteiger partial charge is 0.407 e. The van der Waals surface area contributed by atoms with Crippen LogP contribution in [0.15, 0.2) is 0 Å². The number of alkyl carbamates (subject to hydrolysis) is 1. The first kappa shape index (κ1) is 26.7. The lowest BCUT2D eigenvalue weighted by atomic mass is 9.99. The van der Waals surface area contributed by atoms with Gasteiger partial charge >= 0.3 is 12.1 Å². The van der Waals surface area contributed by atoms with Crippen LogP contribution in [0.1, 0.15) is 111 Å². The zero-order valence-corrected chi connectivity index (χ0v) is 18.9. The van der Waals surface area contributed by atoms with Crippen molar-refractivity contribution in [3.05, 3.63) is 0 Å². The van der Waals surface area contributed by atoms with E-state index in [1.54, 1.807) is 0 Å². The number of carbonyl (C=O) groups is 2. The molecular formula is C23H45NO4. The summed E-state index contributed by atoms with van der Waals surface area (Å²) in [4.78, 5) is 23.6. The maximum atomic E-state index is 12.2. The highest BCUT2D eigenvalue weighted by molar-refractivity contribution is 5.81. The molecule has 0 rings (SSSR count). The maximum Gasteiger partial charge on any atom is 0.407 e. The zero-order valence-electron chi connectivity index (χ0n) is 18.9. The first-order valence-electron chi connectivity index (χ1n) is 11.6. The zero-order chi connectivity index (χ0) is 21.0. The minimum absolute atomic E-state index is 0.0123. The topological polar surface area (TPSA) is 64.6 Å². The molecule has 0 aromatic rings. The molecule has 1 N–H and O–H groups in total. The molecule has 0 spiro atoms. The van der Waals surface area contributed by atoms with Crippen LogP contribution < -0.4 is 5.32 Å². The molecule has 5 nitrogen and oxygen atoms in total. The van der Waals surface area contributed by atoms with Gasteiger partial charge in [-0.25, -0.2) is 9.59 Å². The fraction of sp³-hybridized carbons (Fsp3) is 0.913. The molecule has 0 aromatic heterocycles. The van der Waals surface area contributed by atoms with Gasteiger partial charge in [0, 0.05) is 0 Å². The summed E-state index contributed by atoms with van der Waals surface area (Å²) < 4.78 is 9.96. The third-order valence-electron chi connectivity index (χ3n) is 5.42. The first-order chi connectivity index (χ1) is 13.6. The number of ether oxygens (including phenoxy) is 2. The Morgan fingerprint density at radius 3 is 1.68 bits per heavy atom. The van der Waals surface area contributed by atoms with E-state index in [0.29, 0.717) is 6.61 Å². The molecular weight excluding hydrogens is 354 g/mol. The maximum absolute atomic E-state index is 12.2. The Hall–Kier alpha value is -1.26. The second kappa shape index (κ2) is 19.1. The summed E-state index contributed by atoms with van der Waals surface area (Å²) in [5.74, 6) is -0.350. The van der Waals surface area contributed by atoms with Crippen molar-refractivity contribution in [2.45, 2.75) is 117 Å². The molecule has 2 atom stereocenters. The standard InChI is InChI=1S/C23H45NO4/c1-5-7-8-9-10-11-12-13-14-15-16-17-18-19-28-22(25)21(20(3)6-2)24-23(26)27-4/h20-21H,5-19H2,1-4H3,(H,24,26). The Labute approximate surface area is 173 Å². The van der Waals surface area contributed by atoms with Crippen molar-refractivity contribution < 1.29 is 19.1 Å². The Morgan fingerprint density at radius 2 is 1.25 bits per heavy atom. The second-order valence-electron chi connectivity index (χ2n) is 7.91. The number of amides is 1. The molecule has 1 amide bonds. The van der Waals surface area contributed by atoms with Gasteiger partial charge in [-0.2, -0.15) is 0 Å². The van der Waals surface area contributed by atoms with Gasteiger partial charge in [-0.1, -0.05) is 104 Å². The van der Waals surface area contributed by atoms with Crippen LogP contribution in [0.5, 0.6) is 0 Å². The van der Waals surface area contributed by atoms with Crippen molar-refractivity contribution in [3.8, 4) is 0 Å². The van der Waals surface area contributed by atoms with Crippen LogP contribution in [0.25, 0.3) is 0 Å². The second-order valence-corrected chi connectivity index (χ2v) is 7.91. The van der Waals surface area contributed by atoms with Gasteiger partial charge in [0.1, 0.15) is 6.04 Å². The van der Waals surface area contributed by atoms with Crippen molar-refractivity contribution in [1.29, 1.82) is 0 Å². The van der Waals surface area contributed by atoms with Gasteiger partial charge in [0.15, 0.2) is 0 Å². The van der Waals surface area contributed by atoms with Crippen molar-refractivity contribution in [3.63, 3.8) is 0 Å². The molecule has 0 aliphatic heterocycles. The molecule has 0 bridgehead atoms. The molecule has 2 unspecified atom stereocenters. The lowest BCUT2D eigenvalue weighted by molar-refractivity contribution is -0.147. The molecule has 0 saturated carbocycles. The highest BCUT2D eigenvalue weighted by atomic mass is 16.5. The third-order valence-corrected chi connectivity index (χ3v) is 5.42. The summed E-state index contributed by atoms with van der Waals surface area (Å²) in [6, 6.07) is -0.639. The van der Waals surface area contributed by atoms with E-state index in [9.17, 15) is 9.59 Å². The molecule has 0 saturated heterocycles. The van der Waals surface area contributed by atoms with Crippen molar-refractivity contribution >= 4 is 12.1 Å². The fourth-order valence-corrected chi connectivity index (χ4v) is 3.24. The number of rotatable bonds is 18. The van der Waals surface area contributed by atoms with Crippen LogP contribution in [-0.2, 0) is 14.3 Å². The van der Waals surface area contributed by atoms with E-state index in [2.05, 4.69) is 17.0 Å². The van der Waals surface area contributed by atoms with E-state index in [0.717, 1.165) is 19.3 Å². The molecule has 0 fully saturated rings. The van der Waals surface area contributed by atoms with Gasteiger partial charge in [0.2, 0.25) is 0 Å². The van der Waals surface area contributed by atoms with Crippen LogP contribution in [0, 0.1) is 5.92 Å². The largest absolute Gasteiger partial charge is 0.464 e. The molecule has 166 valence electrons. The number of methoxy groups -OCH3 is 1. The SMILES string of the molecule is CCCCCCCCCCCCCCCOC(=O)C(NC(=O)OC)C(C)CC. The van der Waals surface area contributed by atoms with Gasteiger partial charge in [0.05, 0.1) is 13.7 Å². The number of hydrogen-bond donors (Lipinski definition) is 1. The Balaban J connectivity index is 3.62. The number of carbonyl (C=O) groups excluding carboxylic acids is 2. The summed E-state index contributed by atoms with van der Waals surface area (Å²) in [6.07, 6.45) is 16.9. The normalized spacial score (nSPS) is 13.0. The van der Waals surface area contributed by atoms with Crippen molar-refractivity contribution in [1.82, 2.24) is 5.32 Å². The fourth-order valence-electron chi connectivity index (χ4n) is 3.24. The van der Waals surface area contributed by atoms with E-state index in [1.165, 1.54) is 77.7 Å². The predicted octanol–water partition coefficient (Wildman–Crippen LogP) is 6.39. The quantitative estimate of drug-likeness (QED) is 0.214. The third kappa shape index (κ3) is 14.8. The van der Waals surface area contributed by atoms with Gasteiger partial charge in [0.25, 0.3) is 0 Å². The summed E-state index contributed by atoms with van der Waals surface area (Å²) in [5.41, 5.74) is 0. The molecule has 28 heavy (non-hydrogen) atoms. The summed E-state index contributed by atoms with van der Waals surface area (Å²) >= 11 is 0. The van der Waals surface area contributed by atoms with Gasteiger partial charge < -0.3 is 14.8 Å². The van der Waals surface area contributed by atoms with Crippen molar-refractivity contribution in [2.24, 2.45) is 5.92 Å². The lowest BCUT2D eigenvalue weighted by Gasteiger charge is -2.21. The van der Waals surface area contributed by atoms with Crippen LogP contribution >= 0.6 is 0 Å². The summed E-state index contributed by atoms with van der Waals surface area (Å²) in [5, 5.41) is 2.58. The van der Waals surface area contributed by atoms with E-state index in [-0.39, 0.29) is 11.9 Å². The van der Waals surface area contributed by atoms with E-state index >= 15 is 0 Å². The first-order valence-corrected chi connectivity index (χ1v) is 11.6. The average molecular weight is 400 g/mol. The minimum Gasteiger partial charge on any atom is -0.464 e. The van der Waals surface area contributed by atoms with Gasteiger partial charge in [-0.3, -0.25) is 0 Å². The van der Waals surface area contributed by atoms with E-state index < -0.39 is 12.1 Å². The minimum atomic E-state index is -0.639. The van der Waals surface area contributed by atoms with Crippen LogP contribution in [0.4, 0.5) is 4.79 Å².